The molecule has 1 atom stereocenters. The Balaban J connectivity index is 1.34. The van der Waals surface area contributed by atoms with Crippen molar-refractivity contribution in [3.63, 3.8) is 0 Å². The molecule has 0 saturated carbocycles. The van der Waals surface area contributed by atoms with Gasteiger partial charge in [0.2, 0.25) is 5.95 Å². The van der Waals surface area contributed by atoms with E-state index < -0.39 is 5.97 Å². The van der Waals surface area contributed by atoms with Gasteiger partial charge in [-0.15, -0.1) is 0 Å². The minimum absolute atomic E-state index is 0.0397. The number of benzene rings is 3. The average molecular weight is 454 g/mol. The van der Waals surface area contributed by atoms with E-state index in [0.717, 1.165) is 33.1 Å². The third-order valence-electron chi connectivity index (χ3n) is 5.66. The fraction of sp³-hybridized carbons (Fsp3) is 0.115. The number of amides is 1. The first-order valence-corrected chi connectivity index (χ1v) is 10.8. The van der Waals surface area contributed by atoms with Gasteiger partial charge < -0.3 is 19.8 Å². The van der Waals surface area contributed by atoms with E-state index in [1.54, 1.807) is 6.07 Å². The van der Waals surface area contributed by atoms with Crippen LogP contribution >= 0.6 is 0 Å². The summed E-state index contributed by atoms with van der Waals surface area (Å²) in [6, 6.07) is 22.5. The molecule has 0 fully saturated rings. The number of ether oxygens (including phenoxy) is 1. The molecule has 8 nitrogen and oxygen atoms in total. The second-order valence-corrected chi connectivity index (χ2v) is 7.95. The smallest absolute Gasteiger partial charge is 0.304 e. The number of nitrogens with one attached hydrogen (secondary N) is 3. The predicted octanol–water partition coefficient (Wildman–Crippen LogP) is 4.67. The molecule has 1 unspecified atom stereocenters. The molecule has 5 rings (SSSR count). The maximum absolute atomic E-state index is 12.4. The molecule has 34 heavy (non-hydrogen) atoms. The van der Waals surface area contributed by atoms with Crippen LogP contribution in [0.1, 0.15) is 23.5 Å². The van der Waals surface area contributed by atoms with Gasteiger partial charge >= 0.3 is 5.97 Å². The average Bonchev–Trinajstić information content (AvgIpc) is 3.45. The molecule has 170 valence electrons. The summed E-state index contributed by atoms with van der Waals surface area (Å²) in [6.45, 7) is -0.195. The molecule has 0 saturated heterocycles. The van der Waals surface area contributed by atoms with Gasteiger partial charge in [0.1, 0.15) is 5.75 Å². The van der Waals surface area contributed by atoms with E-state index in [1.807, 2.05) is 72.9 Å². The summed E-state index contributed by atoms with van der Waals surface area (Å²) in [5, 5.41) is 13.1. The zero-order chi connectivity index (χ0) is 23.5. The standard InChI is InChI=1S/C26H22N4O4/c31-24(30-26-28-22-8-4-5-9-23(22)29-26)15-34-17-10-11-21-19(12-17)20(14-27-21)18(13-25(32)33)16-6-2-1-3-7-16/h1-12,14,18,27H,13,15H2,(H,32,33)(H2,28,29,30,31). The van der Waals surface area contributed by atoms with Crippen molar-refractivity contribution in [3.05, 3.63) is 90.1 Å². The molecule has 0 bridgehead atoms. The number of carbonyl (C=O) groups is 2. The Morgan fingerprint density at radius 2 is 1.79 bits per heavy atom. The van der Waals surface area contributed by atoms with Crippen LogP contribution in [0.15, 0.2) is 79.0 Å². The van der Waals surface area contributed by atoms with Gasteiger partial charge in [-0.2, -0.15) is 0 Å². The summed E-state index contributed by atoms with van der Waals surface area (Å²) in [7, 11) is 0. The summed E-state index contributed by atoms with van der Waals surface area (Å²) in [5.74, 6) is -0.675. The minimum Gasteiger partial charge on any atom is -0.484 e. The largest absolute Gasteiger partial charge is 0.484 e. The highest BCUT2D eigenvalue weighted by Gasteiger charge is 2.21. The van der Waals surface area contributed by atoms with E-state index in [2.05, 4.69) is 20.3 Å². The van der Waals surface area contributed by atoms with Gasteiger partial charge in [-0.3, -0.25) is 14.9 Å². The maximum atomic E-state index is 12.4. The number of aromatic nitrogens is 3. The van der Waals surface area contributed by atoms with Crippen molar-refractivity contribution in [2.45, 2.75) is 12.3 Å². The molecule has 0 aliphatic carbocycles. The molecule has 0 radical (unpaired) electrons. The van der Waals surface area contributed by atoms with Gasteiger partial charge in [0.25, 0.3) is 5.91 Å². The fourth-order valence-electron chi connectivity index (χ4n) is 4.10. The Labute approximate surface area is 194 Å². The maximum Gasteiger partial charge on any atom is 0.304 e. The number of imidazole rings is 1. The van der Waals surface area contributed by atoms with Gasteiger partial charge in [-0.25, -0.2) is 4.98 Å². The number of hydrogen-bond acceptors (Lipinski definition) is 4. The number of carbonyl (C=O) groups excluding carboxylic acids is 1. The van der Waals surface area contributed by atoms with E-state index >= 15 is 0 Å². The number of hydrogen-bond donors (Lipinski definition) is 4. The van der Waals surface area contributed by atoms with Crippen molar-refractivity contribution in [3.8, 4) is 5.75 Å². The predicted molar refractivity (Wildman–Crippen MR) is 129 cm³/mol. The van der Waals surface area contributed by atoms with Crippen molar-refractivity contribution in [2.75, 3.05) is 11.9 Å². The summed E-state index contributed by atoms with van der Waals surface area (Å²) < 4.78 is 5.73. The minimum atomic E-state index is -0.877. The quantitative estimate of drug-likeness (QED) is 0.272. The molecular formula is C26H22N4O4. The van der Waals surface area contributed by atoms with Crippen molar-refractivity contribution < 1.29 is 19.4 Å². The zero-order valence-corrected chi connectivity index (χ0v) is 18.1. The van der Waals surface area contributed by atoms with Crippen molar-refractivity contribution in [1.82, 2.24) is 15.0 Å². The van der Waals surface area contributed by atoms with Crippen molar-refractivity contribution >= 4 is 39.8 Å². The molecule has 0 aliphatic heterocycles. The Morgan fingerprint density at radius 1 is 1.00 bits per heavy atom. The Bertz CT molecular complexity index is 1440. The van der Waals surface area contributed by atoms with Crippen LogP contribution in [0.25, 0.3) is 21.9 Å². The van der Waals surface area contributed by atoms with E-state index in [4.69, 9.17) is 4.74 Å². The number of carboxylic acids is 1. The van der Waals surface area contributed by atoms with Gasteiger partial charge in [-0.05, 0) is 41.5 Å². The van der Waals surface area contributed by atoms with Gasteiger partial charge in [0.05, 0.1) is 17.5 Å². The normalized spacial score (nSPS) is 12.0. The number of carboxylic acid groups (broad SMARTS) is 1. The van der Waals surface area contributed by atoms with Crippen molar-refractivity contribution in [1.29, 1.82) is 0 Å². The highest BCUT2D eigenvalue weighted by molar-refractivity contribution is 5.92. The highest BCUT2D eigenvalue weighted by atomic mass is 16.5. The van der Waals surface area contributed by atoms with Crippen LogP contribution in [0.3, 0.4) is 0 Å². The van der Waals surface area contributed by atoms with Crippen molar-refractivity contribution in [2.24, 2.45) is 0 Å². The number of aliphatic carboxylic acids is 1. The SMILES string of the molecule is O=C(O)CC(c1ccccc1)c1c[nH]c2ccc(OCC(=O)Nc3nc4ccccc4[nH]3)cc12. The summed E-state index contributed by atoms with van der Waals surface area (Å²) >= 11 is 0. The van der Waals surface area contributed by atoms with Gasteiger partial charge in [-0.1, -0.05) is 42.5 Å². The first-order chi connectivity index (χ1) is 16.6. The lowest BCUT2D eigenvalue weighted by Gasteiger charge is -2.15. The van der Waals surface area contributed by atoms with Gasteiger partial charge in [0, 0.05) is 23.0 Å². The lowest BCUT2D eigenvalue weighted by atomic mass is 9.88. The lowest BCUT2D eigenvalue weighted by molar-refractivity contribution is -0.137. The Morgan fingerprint density at radius 3 is 2.59 bits per heavy atom. The first-order valence-electron chi connectivity index (χ1n) is 10.8. The fourth-order valence-corrected chi connectivity index (χ4v) is 4.10. The third-order valence-corrected chi connectivity index (χ3v) is 5.66. The van der Waals surface area contributed by atoms with Crippen LogP contribution in [-0.4, -0.2) is 38.5 Å². The number of nitrogens with zero attached hydrogens (tertiary/aromatic N) is 1. The second-order valence-electron chi connectivity index (χ2n) is 7.95. The topological polar surface area (TPSA) is 120 Å². The lowest BCUT2D eigenvalue weighted by Crippen LogP contribution is -2.20. The number of para-hydroxylation sites is 2. The monoisotopic (exact) mass is 454 g/mol. The van der Waals surface area contributed by atoms with Crippen LogP contribution in [0.5, 0.6) is 5.75 Å². The van der Waals surface area contributed by atoms with E-state index in [9.17, 15) is 14.7 Å². The van der Waals surface area contributed by atoms with E-state index in [1.165, 1.54) is 0 Å². The molecule has 0 spiro atoms. The molecule has 1 amide bonds. The van der Waals surface area contributed by atoms with Crippen LogP contribution in [-0.2, 0) is 9.59 Å². The van der Waals surface area contributed by atoms with Crippen LogP contribution in [0.4, 0.5) is 5.95 Å². The zero-order valence-electron chi connectivity index (χ0n) is 18.1. The molecular weight excluding hydrogens is 432 g/mol. The number of aromatic amines is 2. The molecule has 0 aliphatic rings. The molecule has 8 heteroatoms. The van der Waals surface area contributed by atoms with Crippen LogP contribution in [0, 0.1) is 0 Å². The molecule has 3 aromatic carbocycles. The molecule has 2 aromatic heterocycles. The highest BCUT2D eigenvalue weighted by Crippen LogP contribution is 2.35. The number of rotatable bonds is 8. The summed E-state index contributed by atoms with van der Waals surface area (Å²) in [4.78, 5) is 34.6. The second kappa shape index (κ2) is 9.11. The number of anilines is 1. The van der Waals surface area contributed by atoms with Crippen LogP contribution < -0.4 is 10.1 Å². The van der Waals surface area contributed by atoms with E-state index in [0.29, 0.717) is 11.7 Å². The Hall–Kier alpha value is -4.59. The summed E-state index contributed by atoms with van der Waals surface area (Å²) in [5.41, 5.74) is 4.24. The Kier molecular flexibility index (Phi) is 5.70. The summed E-state index contributed by atoms with van der Waals surface area (Å²) in [6.07, 6.45) is 1.80. The number of H-pyrrole nitrogens is 2. The third kappa shape index (κ3) is 4.47. The molecule has 4 N–H and O–H groups in total. The number of fused-ring (bicyclic) bond motifs is 2. The van der Waals surface area contributed by atoms with Gasteiger partial charge in [0.15, 0.2) is 6.61 Å². The van der Waals surface area contributed by atoms with Crippen LogP contribution in [0.2, 0.25) is 0 Å². The molecule has 2 heterocycles. The molecule has 5 aromatic rings. The van der Waals surface area contributed by atoms with E-state index in [-0.39, 0.29) is 24.9 Å². The first kappa shape index (κ1) is 21.3.